The molecule has 1 aromatic rings. The Morgan fingerprint density at radius 3 is 2.15 bits per heavy atom. The molecular weight excluding hydrogens is 330 g/mol. The fourth-order valence-electron chi connectivity index (χ4n) is 7.11. The van der Waals surface area contributed by atoms with Crippen molar-refractivity contribution in [2.24, 2.45) is 17.3 Å². The molecule has 0 saturated heterocycles. The molecule has 148 valence electrons. The van der Waals surface area contributed by atoms with Crippen LogP contribution in [0.5, 0.6) is 0 Å². The Morgan fingerprint density at radius 2 is 1.59 bits per heavy atom. The molecule has 0 radical (unpaired) electrons. The van der Waals surface area contributed by atoms with E-state index in [0.717, 1.165) is 44.2 Å². The Hall–Kier alpha value is -1.15. The van der Waals surface area contributed by atoms with E-state index < -0.39 is 0 Å². The predicted molar refractivity (Wildman–Crippen MR) is 112 cm³/mol. The zero-order valence-electron chi connectivity index (χ0n) is 17.6. The number of rotatable bonds is 8. The van der Waals surface area contributed by atoms with E-state index in [1.165, 1.54) is 43.2 Å². The number of ketones is 1. The van der Waals surface area contributed by atoms with Gasteiger partial charge in [0.15, 0.2) is 5.78 Å². The molecule has 4 aliphatic carbocycles. The van der Waals surface area contributed by atoms with Gasteiger partial charge in [-0.15, -0.1) is 0 Å². The minimum Gasteiger partial charge on any atom is -0.298 e. The summed E-state index contributed by atoms with van der Waals surface area (Å²) < 4.78 is 0. The van der Waals surface area contributed by atoms with Crippen molar-refractivity contribution in [2.75, 3.05) is 19.6 Å². The standard InChI is InChI=1S/C25H37NO/c1-4-10-26(11-5-2)17-23(27)25-15-20-12-21(16-25)14-24(13-20,18-25)22-8-6-19(3)7-9-22/h6-9,20-21H,4-5,10-18H2,1-3H3/t20-,21-,24?,25?/m0/s1. The molecule has 0 unspecified atom stereocenters. The first kappa shape index (κ1) is 19.2. The van der Waals surface area contributed by atoms with E-state index >= 15 is 0 Å². The zero-order chi connectivity index (χ0) is 19.1. The second-order valence-corrected chi connectivity index (χ2v) is 10.1. The number of nitrogens with zero attached hydrogens (tertiary/aromatic N) is 1. The van der Waals surface area contributed by atoms with Crippen LogP contribution < -0.4 is 0 Å². The minimum atomic E-state index is -0.0330. The molecule has 4 aliphatic rings. The van der Waals surface area contributed by atoms with Gasteiger partial charge in [-0.3, -0.25) is 9.69 Å². The number of benzene rings is 1. The first-order valence-electron chi connectivity index (χ1n) is 11.3. The van der Waals surface area contributed by atoms with Crippen molar-refractivity contribution in [3.8, 4) is 0 Å². The highest BCUT2D eigenvalue weighted by molar-refractivity contribution is 5.87. The van der Waals surface area contributed by atoms with Crippen LogP contribution in [0.2, 0.25) is 0 Å². The van der Waals surface area contributed by atoms with Crippen LogP contribution in [-0.2, 0) is 10.2 Å². The molecule has 0 heterocycles. The number of Topliss-reactive ketones (excluding diaryl/α,β-unsaturated/α-hetero) is 1. The Morgan fingerprint density at radius 1 is 1.00 bits per heavy atom. The predicted octanol–water partition coefficient (Wildman–Crippen LogP) is 5.52. The molecule has 0 aliphatic heterocycles. The van der Waals surface area contributed by atoms with Gasteiger partial charge in [0.1, 0.15) is 0 Å². The number of carbonyl (C=O) groups is 1. The van der Waals surface area contributed by atoms with E-state index in [-0.39, 0.29) is 10.8 Å². The van der Waals surface area contributed by atoms with E-state index in [4.69, 9.17) is 0 Å². The maximum atomic E-state index is 13.6. The minimum absolute atomic E-state index is 0.0330. The first-order valence-corrected chi connectivity index (χ1v) is 11.3. The zero-order valence-corrected chi connectivity index (χ0v) is 17.6. The third-order valence-corrected chi connectivity index (χ3v) is 7.76. The highest BCUT2D eigenvalue weighted by Crippen LogP contribution is 2.66. The lowest BCUT2D eigenvalue weighted by Gasteiger charge is -2.62. The number of aryl methyl sites for hydroxylation is 1. The summed E-state index contributed by atoms with van der Waals surface area (Å²) in [6, 6.07) is 9.27. The van der Waals surface area contributed by atoms with Gasteiger partial charge in [-0.05, 0) is 94.2 Å². The van der Waals surface area contributed by atoms with Crippen LogP contribution in [-0.4, -0.2) is 30.3 Å². The Labute approximate surface area is 165 Å². The van der Waals surface area contributed by atoms with Gasteiger partial charge in [0.2, 0.25) is 0 Å². The summed E-state index contributed by atoms with van der Waals surface area (Å²) in [6.45, 7) is 9.43. The highest BCUT2D eigenvalue weighted by Gasteiger charge is 2.60. The fourth-order valence-corrected chi connectivity index (χ4v) is 7.11. The van der Waals surface area contributed by atoms with Crippen molar-refractivity contribution in [1.29, 1.82) is 0 Å². The normalized spacial score (nSPS) is 34.4. The number of hydrogen-bond acceptors (Lipinski definition) is 2. The van der Waals surface area contributed by atoms with Crippen LogP contribution >= 0.6 is 0 Å². The Kier molecular flexibility index (Phi) is 5.22. The van der Waals surface area contributed by atoms with Crippen LogP contribution in [0.3, 0.4) is 0 Å². The molecule has 1 aromatic carbocycles. The molecule has 27 heavy (non-hydrogen) atoms. The molecule has 0 amide bonds. The van der Waals surface area contributed by atoms with E-state index in [1.54, 1.807) is 0 Å². The molecule has 2 atom stereocenters. The molecule has 0 spiro atoms. The van der Waals surface area contributed by atoms with Crippen molar-refractivity contribution < 1.29 is 4.79 Å². The van der Waals surface area contributed by atoms with Gasteiger partial charge in [-0.1, -0.05) is 43.7 Å². The molecule has 4 saturated carbocycles. The van der Waals surface area contributed by atoms with Crippen LogP contribution in [0.15, 0.2) is 24.3 Å². The number of hydrogen-bond donors (Lipinski definition) is 0. The lowest BCUT2D eigenvalue weighted by atomic mass is 9.42. The summed E-state index contributed by atoms with van der Waals surface area (Å²) in [5, 5.41) is 0. The van der Waals surface area contributed by atoms with E-state index in [0.29, 0.717) is 12.3 Å². The Balaban J connectivity index is 1.59. The molecule has 2 heteroatoms. The smallest absolute Gasteiger partial charge is 0.153 e. The SMILES string of the molecule is CCCN(CCC)CC(=O)C12C[C@H]3C[C@H](C1)CC(c1ccc(C)cc1)(C3)C2. The number of carbonyl (C=O) groups excluding carboxylic acids is 1. The fraction of sp³-hybridized carbons (Fsp3) is 0.720. The topological polar surface area (TPSA) is 20.3 Å². The van der Waals surface area contributed by atoms with Gasteiger partial charge < -0.3 is 0 Å². The molecule has 4 bridgehead atoms. The second kappa shape index (κ2) is 7.35. The van der Waals surface area contributed by atoms with Crippen LogP contribution in [0.1, 0.15) is 76.3 Å². The van der Waals surface area contributed by atoms with E-state index in [9.17, 15) is 4.79 Å². The van der Waals surface area contributed by atoms with Crippen molar-refractivity contribution >= 4 is 5.78 Å². The first-order chi connectivity index (χ1) is 13.0. The van der Waals surface area contributed by atoms with Crippen molar-refractivity contribution in [3.05, 3.63) is 35.4 Å². The average molecular weight is 368 g/mol. The molecular formula is C25H37NO. The molecule has 5 rings (SSSR count). The molecule has 2 nitrogen and oxygen atoms in total. The third kappa shape index (κ3) is 3.50. The summed E-state index contributed by atoms with van der Waals surface area (Å²) in [7, 11) is 0. The third-order valence-electron chi connectivity index (χ3n) is 7.76. The molecule has 0 N–H and O–H groups in total. The maximum absolute atomic E-state index is 13.6. The van der Waals surface area contributed by atoms with Gasteiger partial charge >= 0.3 is 0 Å². The van der Waals surface area contributed by atoms with Gasteiger partial charge in [0, 0.05) is 5.41 Å². The summed E-state index contributed by atoms with van der Waals surface area (Å²) in [4.78, 5) is 16.1. The van der Waals surface area contributed by atoms with Crippen molar-refractivity contribution in [3.63, 3.8) is 0 Å². The van der Waals surface area contributed by atoms with E-state index in [1.807, 2.05) is 0 Å². The maximum Gasteiger partial charge on any atom is 0.153 e. The summed E-state index contributed by atoms with van der Waals surface area (Å²) in [5.41, 5.74) is 3.09. The second-order valence-electron chi connectivity index (χ2n) is 10.1. The lowest BCUT2D eigenvalue weighted by Crippen LogP contribution is -2.58. The molecule has 4 fully saturated rings. The van der Waals surface area contributed by atoms with Gasteiger partial charge in [0.25, 0.3) is 0 Å². The van der Waals surface area contributed by atoms with E-state index in [2.05, 4.69) is 49.9 Å². The van der Waals surface area contributed by atoms with Crippen molar-refractivity contribution in [2.45, 2.75) is 77.6 Å². The largest absolute Gasteiger partial charge is 0.298 e. The summed E-state index contributed by atoms with van der Waals surface area (Å²) in [5.74, 6) is 2.10. The van der Waals surface area contributed by atoms with Crippen LogP contribution in [0, 0.1) is 24.2 Å². The van der Waals surface area contributed by atoms with Gasteiger partial charge in [-0.2, -0.15) is 0 Å². The van der Waals surface area contributed by atoms with Crippen LogP contribution in [0.25, 0.3) is 0 Å². The van der Waals surface area contributed by atoms with Gasteiger partial charge in [0.05, 0.1) is 6.54 Å². The van der Waals surface area contributed by atoms with Gasteiger partial charge in [-0.25, -0.2) is 0 Å². The highest BCUT2D eigenvalue weighted by atomic mass is 16.1. The average Bonchev–Trinajstić information content (AvgIpc) is 2.61. The summed E-state index contributed by atoms with van der Waals surface area (Å²) >= 11 is 0. The summed E-state index contributed by atoms with van der Waals surface area (Å²) in [6.07, 6.45) is 9.73. The monoisotopic (exact) mass is 367 g/mol. The van der Waals surface area contributed by atoms with Crippen molar-refractivity contribution in [1.82, 2.24) is 4.90 Å². The molecule has 0 aromatic heterocycles. The lowest BCUT2D eigenvalue weighted by molar-refractivity contribution is -0.148. The Bertz CT molecular complexity index is 656. The van der Waals surface area contributed by atoms with Crippen LogP contribution in [0.4, 0.5) is 0 Å². The quantitative estimate of drug-likeness (QED) is 0.602.